The number of hydrogen-bond donors (Lipinski definition) is 1. The van der Waals surface area contributed by atoms with Crippen molar-refractivity contribution in [1.82, 2.24) is 9.55 Å². The lowest BCUT2D eigenvalue weighted by molar-refractivity contribution is -0.116. The highest BCUT2D eigenvalue weighted by Crippen LogP contribution is 2.27. The third-order valence-electron chi connectivity index (χ3n) is 2.81. The van der Waals surface area contributed by atoms with Crippen LogP contribution in [-0.2, 0) is 11.3 Å². The summed E-state index contributed by atoms with van der Waals surface area (Å²) in [5.41, 5.74) is 0.951. The molecular formula is C14H15ClN4O2. The van der Waals surface area contributed by atoms with Crippen LogP contribution in [0.2, 0.25) is 5.02 Å². The van der Waals surface area contributed by atoms with Gasteiger partial charge in [-0.25, -0.2) is 9.78 Å². The molecule has 0 spiro atoms. The summed E-state index contributed by atoms with van der Waals surface area (Å²) in [5, 5.41) is 3.28. The van der Waals surface area contributed by atoms with Crippen LogP contribution in [0.5, 0.6) is 0 Å². The van der Waals surface area contributed by atoms with Gasteiger partial charge in [0.25, 0.3) is 0 Å². The minimum absolute atomic E-state index is 0.105. The SMILES string of the molecule is CN(C)c1ccc(Cl)cc1NC(=O)Cn1cccnc1=O. The monoisotopic (exact) mass is 306 g/mol. The van der Waals surface area contributed by atoms with E-state index < -0.39 is 5.69 Å². The van der Waals surface area contributed by atoms with Gasteiger partial charge in [0, 0.05) is 31.5 Å². The van der Waals surface area contributed by atoms with Crippen molar-refractivity contribution in [3.63, 3.8) is 0 Å². The number of nitrogens with zero attached hydrogens (tertiary/aromatic N) is 3. The Kier molecular flexibility index (Phi) is 4.59. The zero-order chi connectivity index (χ0) is 15.4. The normalized spacial score (nSPS) is 10.2. The van der Waals surface area contributed by atoms with Crippen LogP contribution < -0.4 is 15.9 Å². The second kappa shape index (κ2) is 6.41. The Morgan fingerprint density at radius 1 is 1.43 bits per heavy atom. The molecule has 2 rings (SSSR count). The quantitative estimate of drug-likeness (QED) is 0.932. The highest BCUT2D eigenvalue weighted by atomic mass is 35.5. The Morgan fingerprint density at radius 3 is 2.86 bits per heavy atom. The van der Waals surface area contributed by atoms with Crippen LogP contribution in [0.3, 0.4) is 0 Å². The first-order chi connectivity index (χ1) is 9.97. The van der Waals surface area contributed by atoms with Gasteiger partial charge in [-0.3, -0.25) is 9.36 Å². The Balaban J connectivity index is 2.18. The highest BCUT2D eigenvalue weighted by molar-refractivity contribution is 6.31. The van der Waals surface area contributed by atoms with Crippen LogP contribution in [0.25, 0.3) is 0 Å². The van der Waals surface area contributed by atoms with Crippen molar-refractivity contribution >= 4 is 28.9 Å². The smallest absolute Gasteiger partial charge is 0.347 e. The molecule has 0 radical (unpaired) electrons. The average molecular weight is 307 g/mol. The minimum atomic E-state index is -0.466. The molecule has 2 aromatic rings. The van der Waals surface area contributed by atoms with E-state index in [1.54, 1.807) is 18.2 Å². The summed E-state index contributed by atoms with van der Waals surface area (Å²) >= 11 is 5.96. The van der Waals surface area contributed by atoms with Crippen molar-refractivity contribution < 1.29 is 4.79 Å². The van der Waals surface area contributed by atoms with Crippen molar-refractivity contribution in [2.75, 3.05) is 24.3 Å². The predicted molar refractivity (Wildman–Crippen MR) is 82.9 cm³/mol. The topological polar surface area (TPSA) is 67.2 Å². The van der Waals surface area contributed by atoms with E-state index in [1.165, 1.54) is 17.0 Å². The number of carbonyl (C=O) groups excluding carboxylic acids is 1. The summed E-state index contributed by atoms with van der Waals surface area (Å²) in [4.78, 5) is 29.0. The van der Waals surface area contributed by atoms with E-state index in [0.717, 1.165) is 5.69 Å². The average Bonchev–Trinajstić information content (AvgIpc) is 2.41. The lowest BCUT2D eigenvalue weighted by Crippen LogP contribution is -2.28. The number of benzene rings is 1. The number of anilines is 2. The van der Waals surface area contributed by atoms with Crippen LogP contribution >= 0.6 is 11.6 Å². The van der Waals surface area contributed by atoms with E-state index in [9.17, 15) is 9.59 Å². The number of carbonyl (C=O) groups is 1. The van der Waals surface area contributed by atoms with E-state index in [4.69, 9.17) is 11.6 Å². The summed E-state index contributed by atoms with van der Waals surface area (Å²) in [5.74, 6) is -0.324. The zero-order valence-electron chi connectivity index (χ0n) is 11.7. The van der Waals surface area contributed by atoms with Crippen molar-refractivity contribution in [3.05, 3.63) is 52.2 Å². The van der Waals surface area contributed by atoms with E-state index in [2.05, 4.69) is 10.3 Å². The molecule has 6 nitrogen and oxygen atoms in total. The number of amides is 1. The van der Waals surface area contributed by atoms with E-state index in [0.29, 0.717) is 10.7 Å². The van der Waals surface area contributed by atoms with Crippen LogP contribution in [0, 0.1) is 0 Å². The Labute approximate surface area is 127 Å². The maximum atomic E-state index is 12.1. The first-order valence-corrected chi connectivity index (χ1v) is 6.63. The molecule has 1 amide bonds. The lowest BCUT2D eigenvalue weighted by Gasteiger charge is -2.18. The van der Waals surface area contributed by atoms with Gasteiger partial charge in [-0.1, -0.05) is 11.6 Å². The third-order valence-corrected chi connectivity index (χ3v) is 3.05. The number of hydrogen-bond acceptors (Lipinski definition) is 4. The second-order valence-corrected chi connectivity index (χ2v) is 5.07. The summed E-state index contributed by atoms with van der Waals surface area (Å²) in [6, 6.07) is 6.83. The van der Waals surface area contributed by atoms with Gasteiger partial charge in [-0.05, 0) is 24.3 Å². The Morgan fingerprint density at radius 2 is 2.19 bits per heavy atom. The second-order valence-electron chi connectivity index (χ2n) is 4.63. The van der Waals surface area contributed by atoms with E-state index in [1.807, 2.05) is 25.1 Å². The van der Waals surface area contributed by atoms with Crippen LogP contribution in [0.15, 0.2) is 41.5 Å². The fraction of sp³-hybridized carbons (Fsp3) is 0.214. The van der Waals surface area contributed by atoms with E-state index in [-0.39, 0.29) is 12.5 Å². The molecule has 0 saturated carbocycles. The molecule has 0 unspecified atom stereocenters. The molecule has 7 heteroatoms. The van der Waals surface area contributed by atoms with Gasteiger partial charge in [0.15, 0.2) is 0 Å². The minimum Gasteiger partial charge on any atom is -0.376 e. The molecule has 0 bridgehead atoms. The predicted octanol–water partition coefficient (Wildman–Crippen LogP) is 1.60. The molecule has 0 fully saturated rings. The van der Waals surface area contributed by atoms with Crippen LogP contribution in [-0.4, -0.2) is 29.6 Å². The van der Waals surface area contributed by atoms with Gasteiger partial charge < -0.3 is 10.2 Å². The third kappa shape index (κ3) is 3.82. The Bertz CT molecular complexity index is 712. The van der Waals surface area contributed by atoms with Gasteiger partial charge in [0.2, 0.25) is 5.91 Å². The standard InChI is InChI=1S/C14H15ClN4O2/c1-18(2)12-5-4-10(15)8-11(12)17-13(20)9-19-7-3-6-16-14(19)21/h3-8H,9H2,1-2H3,(H,17,20). The van der Waals surface area contributed by atoms with Gasteiger partial charge in [-0.15, -0.1) is 0 Å². The number of aromatic nitrogens is 2. The molecule has 21 heavy (non-hydrogen) atoms. The number of nitrogens with one attached hydrogen (secondary N) is 1. The molecule has 0 saturated heterocycles. The fourth-order valence-corrected chi connectivity index (χ4v) is 2.02. The van der Waals surface area contributed by atoms with Crippen molar-refractivity contribution in [2.24, 2.45) is 0 Å². The first kappa shape index (κ1) is 15.1. The molecule has 0 aliphatic heterocycles. The molecule has 0 aliphatic carbocycles. The lowest BCUT2D eigenvalue weighted by atomic mass is 10.2. The largest absolute Gasteiger partial charge is 0.376 e. The molecule has 1 aromatic carbocycles. The molecule has 1 aromatic heterocycles. The summed E-state index contributed by atoms with van der Waals surface area (Å²) in [6.45, 7) is -0.105. The molecule has 1 N–H and O–H groups in total. The van der Waals surface area contributed by atoms with Crippen molar-refractivity contribution in [2.45, 2.75) is 6.54 Å². The molecule has 110 valence electrons. The van der Waals surface area contributed by atoms with Crippen LogP contribution in [0.1, 0.15) is 0 Å². The molecule has 0 atom stereocenters. The molecule has 1 heterocycles. The summed E-state index contributed by atoms with van der Waals surface area (Å²) in [6.07, 6.45) is 2.90. The highest BCUT2D eigenvalue weighted by Gasteiger charge is 2.10. The summed E-state index contributed by atoms with van der Waals surface area (Å²) < 4.78 is 1.23. The summed E-state index contributed by atoms with van der Waals surface area (Å²) in [7, 11) is 3.73. The fourth-order valence-electron chi connectivity index (χ4n) is 1.85. The van der Waals surface area contributed by atoms with Crippen LogP contribution in [0.4, 0.5) is 11.4 Å². The van der Waals surface area contributed by atoms with Gasteiger partial charge in [0.05, 0.1) is 11.4 Å². The Hall–Kier alpha value is -2.34. The zero-order valence-corrected chi connectivity index (χ0v) is 12.5. The number of halogens is 1. The van der Waals surface area contributed by atoms with Gasteiger partial charge in [0.1, 0.15) is 6.54 Å². The van der Waals surface area contributed by atoms with E-state index >= 15 is 0 Å². The van der Waals surface area contributed by atoms with Crippen molar-refractivity contribution in [1.29, 1.82) is 0 Å². The maximum Gasteiger partial charge on any atom is 0.347 e. The molecular weight excluding hydrogens is 292 g/mol. The number of rotatable bonds is 4. The first-order valence-electron chi connectivity index (χ1n) is 6.25. The maximum absolute atomic E-state index is 12.1. The molecule has 0 aliphatic rings. The van der Waals surface area contributed by atoms with Gasteiger partial charge in [-0.2, -0.15) is 0 Å². The van der Waals surface area contributed by atoms with Crippen molar-refractivity contribution in [3.8, 4) is 0 Å². The van der Waals surface area contributed by atoms with Gasteiger partial charge >= 0.3 is 5.69 Å².